The van der Waals surface area contributed by atoms with E-state index in [0.717, 1.165) is 29.4 Å². The Bertz CT molecular complexity index is 1440. The van der Waals surface area contributed by atoms with E-state index in [0.29, 0.717) is 35.8 Å². The summed E-state index contributed by atoms with van der Waals surface area (Å²) in [6.45, 7) is 9.72. The zero-order valence-electron chi connectivity index (χ0n) is 23.8. The number of nitriles is 1. The van der Waals surface area contributed by atoms with E-state index >= 15 is 0 Å². The van der Waals surface area contributed by atoms with E-state index in [2.05, 4.69) is 43.3 Å². The highest BCUT2D eigenvalue weighted by Crippen LogP contribution is 2.42. The molecule has 0 radical (unpaired) electrons. The number of piperidine rings is 1. The van der Waals surface area contributed by atoms with E-state index in [1.807, 2.05) is 23.4 Å². The number of hydrogen-bond acceptors (Lipinski definition) is 6. The van der Waals surface area contributed by atoms with Crippen molar-refractivity contribution in [3.63, 3.8) is 0 Å². The summed E-state index contributed by atoms with van der Waals surface area (Å²) in [6, 6.07) is 6.76. The molecule has 0 saturated carbocycles. The molecule has 1 saturated heterocycles. The van der Waals surface area contributed by atoms with Gasteiger partial charge in [0.15, 0.2) is 5.75 Å². The summed E-state index contributed by atoms with van der Waals surface area (Å²) in [5.41, 5.74) is 2.83. The minimum atomic E-state index is -0.383. The van der Waals surface area contributed by atoms with Crippen molar-refractivity contribution in [3.05, 3.63) is 47.3 Å². The van der Waals surface area contributed by atoms with E-state index < -0.39 is 0 Å². The van der Waals surface area contributed by atoms with Gasteiger partial charge in [0.1, 0.15) is 23.2 Å². The van der Waals surface area contributed by atoms with E-state index in [1.165, 1.54) is 13.2 Å². The van der Waals surface area contributed by atoms with Gasteiger partial charge in [0.2, 0.25) is 5.91 Å². The lowest BCUT2D eigenvalue weighted by molar-refractivity contribution is -0.139. The molecular weight excluding hydrogens is 494 g/mol. The van der Waals surface area contributed by atoms with Crippen LogP contribution in [0.4, 0.5) is 5.69 Å². The van der Waals surface area contributed by atoms with Crippen LogP contribution in [0.15, 0.2) is 30.6 Å². The number of ether oxygens (including phenoxy) is 2. The molecule has 1 aliphatic rings. The molecule has 39 heavy (non-hydrogen) atoms. The van der Waals surface area contributed by atoms with Crippen molar-refractivity contribution in [2.24, 2.45) is 18.4 Å². The van der Waals surface area contributed by atoms with Crippen LogP contribution in [0.25, 0.3) is 11.0 Å². The van der Waals surface area contributed by atoms with E-state index in [1.54, 1.807) is 25.4 Å². The van der Waals surface area contributed by atoms with Gasteiger partial charge in [-0.2, -0.15) is 5.26 Å². The molecule has 206 valence electrons. The van der Waals surface area contributed by atoms with Crippen LogP contribution in [0.1, 0.15) is 67.9 Å². The molecule has 1 N–H and O–H groups in total. The number of rotatable bonds is 6. The van der Waals surface area contributed by atoms with Crippen LogP contribution in [0.5, 0.6) is 11.5 Å². The number of nitrogens with zero attached hydrogens (tertiary/aromatic N) is 4. The molecule has 2 amide bonds. The van der Waals surface area contributed by atoms with Crippen molar-refractivity contribution >= 4 is 28.5 Å². The number of amides is 2. The molecule has 1 aliphatic heterocycles. The number of aromatic nitrogens is 2. The van der Waals surface area contributed by atoms with Gasteiger partial charge in [-0.1, -0.05) is 27.7 Å². The quantitative estimate of drug-likeness (QED) is 0.474. The maximum absolute atomic E-state index is 13.1. The monoisotopic (exact) mass is 531 g/mol. The van der Waals surface area contributed by atoms with E-state index in [4.69, 9.17) is 9.47 Å². The van der Waals surface area contributed by atoms with Crippen molar-refractivity contribution in [1.82, 2.24) is 14.5 Å². The van der Waals surface area contributed by atoms with E-state index in [9.17, 15) is 14.9 Å². The summed E-state index contributed by atoms with van der Waals surface area (Å²) in [6.07, 6.45) is 5.34. The third-order valence-electron chi connectivity index (χ3n) is 7.92. The number of aryl methyl sites for hydroxylation is 1. The molecule has 2 aromatic heterocycles. The number of nitrogens with one attached hydrogen (secondary N) is 1. The number of anilines is 1. The number of carbonyl (C=O) groups is 2. The second kappa shape index (κ2) is 11.0. The van der Waals surface area contributed by atoms with Crippen LogP contribution in [-0.4, -0.2) is 53.6 Å². The zero-order valence-corrected chi connectivity index (χ0v) is 23.8. The van der Waals surface area contributed by atoms with Gasteiger partial charge in [-0.25, -0.2) is 4.98 Å². The highest BCUT2D eigenvalue weighted by Gasteiger charge is 2.34. The Morgan fingerprint density at radius 3 is 2.46 bits per heavy atom. The summed E-state index contributed by atoms with van der Waals surface area (Å²) in [7, 11) is 5.01. The average molecular weight is 532 g/mol. The number of fused-ring (bicyclic) bond motifs is 1. The zero-order chi connectivity index (χ0) is 28.5. The number of benzene rings is 1. The Labute approximate surface area is 229 Å². The summed E-state index contributed by atoms with van der Waals surface area (Å²) in [5.74, 6) is 0.954. The third kappa shape index (κ3) is 5.42. The average Bonchev–Trinajstić information content (AvgIpc) is 3.27. The van der Waals surface area contributed by atoms with Crippen LogP contribution in [-0.2, 0) is 11.8 Å². The molecule has 0 bridgehead atoms. The van der Waals surface area contributed by atoms with Gasteiger partial charge in [-0.05, 0) is 47.9 Å². The maximum Gasteiger partial charge on any atom is 0.255 e. The second-order valence-electron chi connectivity index (χ2n) is 11.3. The largest absolute Gasteiger partial charge is 0.495 e. The lowest BCUT2D eigenvalue weighted by Crippen LogP contribution is -2.43. The molecule has 0 aliphatic carbocycles. The fourth-order valence-corrected chi connectivity index (χ4v) is 5.14. The van der Waals surface area contributed by atoms with Crippen LogP contribution in [0, 0.1) is 22.7 Å². The molecule has 4 rings (SSSR count). The molecule has 1 aromatic carbocycles. The number of methoxy groups -OCH3 is 2. The highest BCUT2D eigenvalue weighted by atomic mass is 16.5. The topological polar surface area (TPSA) is 109 Å². The Morgan fingerprint density at radius 2 is 1.87 bits per heavy atom. The van der Waals surface area contributed by atoms with Gasteiger partial charge in [0.25, 0.3) is 5.91 Å². The molecule has 1 fully saturated rings. The first-order valence-electron chi connectivity index (χ1n) is 13.2. The van der Waals surface area contributed by atoms with Crippen molar-refractivity contribution in [2.45, 2.75) is 46.5 Å². The molecular formula is C30H37N5O4. The fourth-order valence-electron chi connectivity index (χ4n) is 5.14. The molecule has 1 atom stereocenters. The Hall–Kier alpha value is -4.06. The highest BCUT2D eigenvalue weighted by molar-refractivity contribution is 6.07. The predicted octanol–water partition coefficient (Wildman–Crippen LogP) is 5.10. The molecule has 0 spiro atoms. The number of carbonyl (C=O) groups excluding carboxylic acids is 2. The maximum atomic E-state index is 13.1. The Balaban J connectivity index is 1.61. The summed E-state index contributed by atoms with van der Waals surface area (Å²) < 4.78 is 13.0. The van der Waals surface area contributed by atoms with E-state index in [-0.39, 0.29) is 34.6 Å². The van der Waals surface area contributed by atoms with Crippen molar-refractivity contribution < 1.29 is 19.1 Å². The normalized spacial score (nSPS) is 15.1. The molecule has 0 unspecified atom stereocenters. The third-order valence-corrected chi connectivity index (χ3v) is 7.92. The smallest absolute Gasteiger partial charge is 0.255 e. The standard InChI is InChI=1S/C30H37N5O4/c1-18(30(2,3)4)29(37)35-12-10-19(11-13-35)22-17-34(5)27-25(22)26(39-7)23(16-32-27)33-28(36)20-8-9-24(38-6)21(14-20)15-31/h8-9,14,16-19H,10-13H2,1-7H3,(H,33,36)/t18-/m1/s1. The molecule has 9 nitrogen and oxygen atoms in total. The van der Waals surface area contributed by atoms with Gasteiger partial charge in [-0.3, -0.25) is 9.59 Å². The predicted molar refractivity (Wildman–Crippen MR) is 150 cm³/mol. The van der Waals surface area contributed by atoms with Gasteiger partial charge < -0.3 is 24.3 Å². The summed E-state index contributed by atoms with van der Waals surface area (Å²) >= 11 is 0. The minimum Gasteiger partial charge on any atom is -0.495 e. The Kier molecular flexibility index (Phi) is 7.86. The van der Waals surface area contributed by atoms with Crippen molar-refractivity contribution in [2.75, 3.05) is 32.6 Å². The van der Waals surface area contributed by atoms with Crippen molar-refractivity contribution in [1.29, 1.82) is 5.26 Å². The first kappa shape index (κ1) is 28.0. The second-order valence-corrected chi connectivity index (χ2v) is 11.3. The van der Waals surface area contributed by atoms with Crippen LogP contribution < -0.4 is 14.8 Å². The first-order valence-corrected chi connectivity index (χ1v) is 13.2. The first-order chi connectivity index (χ1) is 18.5. The van der Waals surface area contributed by atoms with Gasteiger partial charge in [0.05, 0.1) is 31.4 Å². The van der Waals surface area contributed by atoms with Gasteiger partial charge >= 0.3 is 0 Å². The van der Waals surface area contributed by atoms with Gasteiger partial charge in [0, 0.05) is 37.8 Å². The van der Waals surface area contributed by atoms with Crippen LogP contribution >= 0.6 is 0 Å². The summed E-state index contributed by atoms with van der Waals surface area (Å²) in [5, 5.41) is 13.2. The van der Waals surface area contributed by atoms with Gasteiger partial charge in [-0.15, -0.1) is 0 Å². The van der Waals surface area contributed by atoms with Crippen LogP contribution in [0.3, 0.4) is 0 Å². The minimum absolute atomic E-state index is 0.0444. The molecule has 9 heteroatoms. The number of likely N-dealkylation sites (tertiary alicyclic amines) is 1. The summed E-state index contributed by atoms with van der Waals surface area (Å²) in [4.78, 5) is 32.8. The lowest BCUT2D eigenvalue weighted by atomic mass is 9.80. The number of hydrogen-bond donors (Lipinski definition) is 1. The molecule has 3 aromatic rings. The van der Waals surface area contributed by atoms with Crippen LogP contribution in [0.2, 0.25) is 0 Å². The molecule has 3 heterocycles. The fraction of sp³-hybridized carbons (Fsp3) is 0.467. The Morgan fingerprint density at radius 1 is 1.18 bits per heavy atom. The SMILES string of the molecule is COc1ccc(C(=O)Nc2cnc3c(c(C4CCN(C(=O)[C@@H](C)C(C)(C)C)CC4)cn3C)c2OC)cc1C#N. The number of pyridine rings is 1. The van der Waals surface area contributed by atoms with Crippen molar-refractivity contribution in [3.8, 4) is 17.6 Å². The lowest BCUT2D eigenvalue weighted by Gasteiger charge is -2.36.